The van der Waals surface area contributed by atoms with Crippen LogP contribution < -0.4 is 16.0 Å². The van der Waals surface area contributed by atoms with Crippen molar-refractivity contribution in [2.45, 2.75) is 6.92 Å². The van der Waals surface area contributed by atoms with Gasteiger partial charge in [0.25, 0.3) is 5.91 Å². The molecule has 5 nitrogen and oxygen atoms in total. The van der Waals surface area contributed by atoms with Gasteiger partial charge in [-0.25, -0.2) is 0 Å². The molecule has 0 bridgehead atoms. The van der Waals surface area contributed by atoms with Crippen molar-refractivity contribution in [3.8, 4) is 0 Å². The highest BCUT2D eigenvalue weighted by molar-refractivity contribution is 5.96. The largest absolute Gasteiger partial charge is 0.376 e. The lowest BCUT2D eigenvalue weighted by molar-refractivity contribution is -0.114. The van der Waals surface area contributed by atoms with Gasteiger partial charge >= 0.3 is 0 Å². The van der Waals surface area contributed by atoms with Crippen molar-refractivity contribution in [1.29, 1.82) is 0 Å². The maximum atomic E-state index is 11.9. The molecule has 2 amide bonds. The van der Waals surface area contributed by atoms with Gasteiger partial charge in [-0.3, -0.25) is 9.59 Å². The number of hydrogen-bond donors (Lipinski definition) is 3. The van der Waals surface area contributed by atoms with Gasteiger partial charge in [0.05, 0.1) is 6.54 Å². The van der Waals surface area contributed by atoms with Crippen LogP contribution in [0.3, 0.4) is 0 Å². The van der Waals surface area contributed by atoms with E-state index in [2.05, 4.69) is 16.0 Å². The number of para-hydroxylation sites is 1. The summed E-state index contributed by atoms with van der Waals surface area (Å²) in [7, 11) is 0. The van der Waals surface area contributed by atoms with Gasteiger partial charge in [-0.05, 0) is 43.3 Å². The van der Waals surface area contributed by atoms with Gasteiger partial charge in [-0.15, -0.1) is 0 Å². The van der Waals surface area contributed by atoms with Crippen molar-refractivity contribution in [2.24, 2.45) is 0 Å². The molecular weight excluding hydrogens is 278 g/mol. The van der Waals surface area contributed by atoms with E-state index in [4.69, 9.17) is 0 Å². The Morgan fingerprint density at radius 3 is 2.23 bits per heavy atom. The molecule has 2 rings (SSSR count). The van der Waals surface area contributed by atoms with Gasteiger partial charge < -0.3 is 16.0 Å². The van der Waals surface area contributed by atoms with Gasteiger partial charge in [-0.1, -0.05) is 18.2 Å². The van der Waals surface area contributed by atoms with Gasteiger partial charge in [0, 0.05) is 23.5 Å². The summed E-state index contributed by atoms with van der Waals surface area (Å²) in [5.41, 5.74) is 2.12. The minimum absolute atomic E-state index is 0.119. The zero-order valence-electron chi connectivity index (χ0n) is 12.4. The van der Waals surface area contributed by atoms with E-state index < -0.39 is 0 Å². The number of carbonyl (C=O) groups is 2. The second kappa shape index (κ2) is 7.83. The molecular formula is C17H19N3O2. The van der Waals surface area contributed by atoms with E-state index in [0.29, 0.717) is 17.8 Å². The first kappa shape index (κ1) is 15.6. The molecule has 114 valence electrons. The second-order valence-electron chi connectivity index (χ2n) is 4.70. The lowest BCUT2D eigenvalue weighted by atomic mass is 10.2. The Morgan fingerprint density at radius 2 is 1.59 bits per heavy atom. The van der Waals surface area contributed by atoms with Crippen LogP contribution in [-0.2, 0) is 4.79 Å². The van der Waals surface area contributed by atoms with Gasteiger partial charge in [0.1, 0.15) is 0 Å². The van der Waals surface area contributed by atoms with Crippen molar-refractivity contribution in [3.63, 3.8) is 0 Å². The number of amides is 2. The molecule has 0 aliphatic heterocycles. The molecule has 3 N–H and O–H groups in total. The Kier molecular flexibility index (Phi) is 5.54. The Morgan fingerprint density at radius 1 is 0.909 bits per heavy atom. The first-order chi connectivity index (χ1) is 10.7. The first-order valence-electron chi connectivity index (χ1n) is 7.16. The van der Waals surface area contributed by atoms with Gasteiger partial charge in [-0.2, -0.15) is 0 Å². The van der Waals surface area contributed by atoms with Crippen LogP contribution in [0.25, 0.3) is 0 Å². The van der Waals surface area contributed by atoms with Crippen LogP contribution in [0.15, 0.2) is 54.6 Å². The minimum atomic E-state index is -0.144. The highest BCUT2D eigenvalue weighted by Gasteiger charge is 2.05. The zero-order valence-corrected chi connectivity index (χ0v) is 12.4. The maximum Gasteiger partial charge on any atom is 0.251 e. The molecule has 0 aliphatic rings. The van der Waals surface area contributed by atoms with Crippen LogP contribution in [0, 0.1) is 0 Å². The van der Waals surface area contributed by atoms with E-state index in [1.165, 1.54) is 0 Å². The Balaban J connectivity index is 1.85. The molecule has 0 atom stereocenters. The number of rotatable bonds is 6. The number of nitrogens with one attached hydrogen (secondary N) is 3. The van der Waals surface area contributed by atoms with Gasteiger partial charge in [0.15, 0.2) is 0 Å². The van der Waals surface area contributed by atoms with E-state index in [0.717, 1.165) is 5.69 Å². The molecule has 22 heavy (non-hydrogen) atoms. The highest BCUT2D eigenvalue weighted by Crippen LogP contribution is 2.10. The molecule has 0 unspecified atom stereocenters. The summed E-state index contributed by atoms with van der Waals surface area (Å²) in [6.07, 6.45) is 0. The minimum Gasteiger partial charge on any atom is -0.376 e. The molecule has 5 heteroatoms. The quantitative estimate of drug-likeness (QED) is 0.767. The third-order valence-corrected chi connectivity index (χ3v) is 3.00. The van der Waals surface area contributed by atoms with Crippen LogP contribution in [0.1, 0.15) is 17.3 Å². The van der Waals surface area contributed by atoms with E-state index in [-0.39, 0.29) is 18.4 Å². The van der Waals surface area contributed by atoms with Crippen molar-refractivity contribution < 1.29 is 9.59 Å². The highest BCUT2D eigenvalue weighted by atomic mass is 16.2. The number of anilines is 2. The monoisotopic (exact) mass is 297 g/mol. The summed E-state index contributed by atoms with van der Waals surface area (Å²) < 4.78 is 0. The molecule has 0 heterocycles. The molecule has 0 saturated heterocycles. The topological polar surface area (TPSA) is 70.2 Å². The zero-order chi connectivity index (χ0) is 15.8. The van der Waals surface area contributed by atoms with Crippen LogP contribution in [0.2, 0.25) is 0 Å². The molecule has 2 aromatic carbocycles. The van der Waals surface area contributed by atoms with E-state index >= 15 is 0 Å². The molecule has 0 aliphatic carbocycles. The summed E-state index contributed by atoms with van der Waals surface area (Å²) >= 11 is 0. The smallest absolute Gasteiger partial charge is 0.251 e. The van der Waals surface area contributed by atoms with E-state index in [1.807, 2.05) is 37.3 Å². The molecule has 2 aromatic rings. The molecule has 0 aromatic heterocycles. The van der Waals surface area contributed by atoms with Crippen LogP contribution in [0.4, 0.5) is 11.4 Å². The van der Waals surface area contributed by atoms with Crippen LogP contribution in [0.5, 0.6) is 0 Å². The standard InChI is InChI=1S/C17H19N3O2/c1-2-18-17(22)13-8-10-15(11-9-13)20-16(21)12-19-14-6-4-3-5-7-14/h3-11,19H,2,12H2,1H3,(H,18,22)(H,20,21). The first-order valence-corrected chi connectivity index (χ1v) is 7.16. The number of carbonyl (C=O) groups excluding carboxylic acids is 2. The van der Waals surface area contributed by atoms with Crippen molar-refractivity contribution >= 4 is 23.2 Å². The fourth-order valence-electron chi connectivity index (χ4n) is 1.91. The number of hydrogen-bond acceptors (Lipinski definition) is 3. The fourth-order valence-corrected chi connectivity index (χ4v) is 1.91. The molecule has 0 radical (unpaired) electrons. The van der Waals surface area contributed by atoms with Crippen LogP contribution in [-0.4, -0.2) is 24.9 Å². The lowest BCUT2D eigenvalue weighted by Gasteiger charge is -2.08. The fraction of sp³-hybridized carbons (Fsp3) is 0.176. The van der Waals surface area contributed by atoms with Crippen molar-refractivity contribution in [3.05, 3.63) is 60.2 Å². The lowest BCUT2D eigenvalue weighted by Crippen LogP contribution is -2.23. The number of benzene rings is 2. The summed E-state index contributed by atoms with van der Waals surface area (Å²) in [5.74, 6) is -0.263. The predicted octanol–water partition coefficient (Wildman–Crippen LogP) is 2.49. The summed E-state index contributed by atoms with van der Waals surface area (Å²) in [4.78, 5) is 23.5. The summed E-state index contributed by atoms with van der Waals surface area (Å²) in [5, 5.41) is 8.54. The van der Waals surface area contributed by atoms with E-state index in [9.17, 15) is 9.59 Å². The maximum absolute atomic E-state index is 11.9. The predicted molar refractivity (Wildman–Crippen MR) is 88.0 cm³/mol. The normalized spacial score (nSPS) is 9.86. The van der Waals surface area contributed by atoms with Crippen molar-refractivity contribution in [2.75, 3.05) is 23.7 Å². The SMILES string of the molecule is CCNC(=O)c1ccc(NC(=O)CNc2ccccc2)cc1. The van der Waals surface area contributed by atoms with Gasteiger partial charge in [0.2, 0.25) is 5.91 Å². The average molecular weight is 297 g/mol. The van der Waals surface area contributed by atoms with Crippen LogP contribution >= 0.6 is 0 Å². The second-order valence-corrected chi connectivity index (χ2v) is 4.70. The molecule has 0 saturated carbocycles. The Bertz CT molecular complexity index is 624. The molecule has 0 fully saturated rings. The summed E-state index contributed by atoms with van der Waals surface area (Å²) in [6.45, 7) is 2.64. The Hall–Kier alpha value is -2.82. The van der Waals surface area contributed by atoms with Crippen molar-refractivity contribution in [1.82, 2.24) is 5.32 Å². The third-order valence-electron chi connectivity index (χ3n) is 3.00. The summed E-state index contributed by atoms with van der Waals surface area (Å²) in [6, 6.07) is 16.3. The average Bonchev–Trinajstić information content (AvgIpc) is 2.55. The van der Waals surface area contributed by atoms with E-state index in [1.54, 1.807) is 24.3 Å². The third kappa shape index (κ3) is 4.63. The molecule has 0 spiro atoms. The Labute approximate surface area is 129 Å².